The van der Waals surface area contributed by atoms with Crippen LogP contribution in [0, 0.1) is 6.92 Å². The second kappa shape index (κ2) is 6.01. The van der Waals surface area contributed by atoms with E-state index in [4.69, 9.17) is 0 Å². The van der Waals surface area contributed by atoms with Gasteiger partial charge >= 0.3 is 0 Å². The van der Waals surface area contributed by atoms with Crippen LogP contribution >= 0.6 is 0 Å². The van der Waals surface area contributed by atoms with Crippen molar-refractivity contribution in [2.45, 2.75) is 38.6 Å². The summed E-state index contributed by atoms with van der Waals surface area (Å²) in [7, 11) is 1.86. The van der Waals surface area contributed by atoms with Crippen LogP contribution in [0.5, 0.6) is 0 Å². The number of aryl methyl sites for hydroxylation is 1. The fraction of sp³-hybridized carbons (Fsp3) is 0.533. The van der Waals surface area contributed by atoms with E-state index in [0.717, 1.165) is 18.7 Å². The summed E-state index contributed by atoms with van der Waals surface area (Å²) in [5, 5.41) is 3.43. The minimum absolute atomic E-state index is 0.203. The minimum atomic E-state index is 0.203. The molecule has 0 saturated carbocycles. The summed E-state index contributed by atoms with van der Waals surface area (Å²) in [4.78, 5) is 13.9. The Morgan fingerprint density at radius 3 is 3.00 bits per heavy atom. The predicted octanol–water partition coefficient (Wildman–Crippen LogP) is 2.49. The fourth-order valence-corrected chi connectivity index (χ4v) is 2.45. The molecule has 3 heteroatoms. The number of hydrogen-bond donors (Lipinski definition) is 1. The maximum absolute atomic E-state index is 12.1. The largest absolute Gasteiger partial charge is 0.315 e. The van der Waals surface area contributed by atoms with Crippen LogP contribution < -0.4 is 10.2 Å². The molecule has 2 rings (SSSR count). The zero-order chi connectivity index (χ0) is 13.0. The number of hydrogen-bond acceptors (Lipinski definition) is 2. The van der Waals surface area contributed by atoms with E-state index in [-0.39, 0.29) is 5.91 Å². The third-order valence-corrected chi connectivity index (χ3v) is 3.63. The molecule has 0 radical (unpaired) electrons. The normalized spacial score (nSPS) is 18.9. The van der Waals surface area contributed by atoms with Gasteiger partial charge in [0.15, 0.2) is 0 Å². The van der Waals surface area contributed by atoms with Gasteiger partial charge in [0.2, 0.25) is 5.91 Å². The number of carbonyl (C=O) groups is 1. The highest BCUT2D eigenvalue weighted by Gasteiger charge is 2.17. The van der Waals surface area contributed by atoms with E-state index in [1.165, 1.54) is 18.4 Å². The van der Waals surface area contributed by atoms with Gasteiger partial charge < -0.3 is 10.2 Å². The van der Waals surface area contributed by atoms with E-state index in [1.54, 1.807) is 4.90 Å². The molecular formula is C15H22N2O. The smallest absolute Gasteiger partial charge is 0.226 e. The van der Waals surface area contributed by atoms with Crippen molar-refractivity contribution in [3.63, 3.8) is 0 Å². The Bertz CT molecular complexity index is 411. The van der Waals surface area contributed by atoms with Crippen molar-refractivity contribution >= 4 is 11.6 Å². The fourth-order valence-electron chi connectivity index (χ4n) is 2.45. The number of anilines is 1. The lowest BCUT2D eigenvalue weighted by molar-refractivity contribution is -0.118. The maximum Gasteiger partial charge on any atom is 0.226 e. The molecule has 1 aliphatic rings. The van der Waals surface area contributed by atoms with Crippen molar-refractivity contribution in [2.24, 2.45) is 0 Å². The molecule has 1 heterocycles. The van der Waals surface area contributed by atoms with E-state index < -0.39 is 0 Å². The summed E-state index contributed by atoms with van der Waals surface area (Å²) in [6.45, 7) is 3.15. The number of nitrogens with zero attached hydrogens (tertiary/aromatic N) is 1. The summed E-state index contributed by atoms with van der Waals surface area (Å²) < 4.78 is 0. The van der Waals surface area contributed by atoms with Gasteiger partial charge in [0.1, 0.15) is 0 Å². The third kappa shape index (κ3) is 3.33. The van der Waals surface area contributed by atoms with Crippen LogP contribution in [0.1, 0.15) is 31.2 Å². The average molecular weight is 246 g/mol. The third-order valence-electron chi connectivity index (χ3n) is 3.63. The van der Waals surface area contributed by atoms with Gasteiger partial charge in [0.25, 0.3) is 0 Å². The SMILES string of the molecule is Cc1cccc(N(C)C(=O)CCC2CCCN2)c1. The molecule has 1 unspecified atom stereocenters. The van der Waals surface area contributed by atoms with Crippen molar-refractivity contribution in [3.05, 3.63) is 29.8 Å². The monoisotopic (exact) mass is 246 g/mol. The first kappa shape index (κ1) is 13.1. The van der Waals surface area contributed by atoms with Gasteiger partial charge in [-0.25, -0.2) is 0 Å². The highest BCUT2D eigenvalue weighted by atomic mass is 16.2. The molecule has 1 fully saturated rings. The van der Waals surface area contributed by atoms with Gasteiger partial charge in [-0.15, -0.1) is 0 Å². The Labute approximate surface area is 109 Å². The first-order valence-electron chi connectivity index (χ1n) is 6.73. The molecule has 0 spiro atoms. The van der Waals surface area contributed by atoms with Crippen LogP contribution in [0.2, 0.25) is 0 Å². The van der Waals surface area contributed by atoms with Gasteiger partial charge in [-0.1, -0.05) is 12.1 Å². The Morgan fingerprint density at radius 1 is 1.50 bits per heavy atom. The van der Waals surface area contributed by atoms with E-state index in [0.29, 0.717) is 12.5 Å². The summed E-state index contributed by atoms with van der Waals surface area (Å²) in [6.07, 6.45) is 4.03. The molecule has 1 atom stereocenters. The zero-order valence-corrected chi connectivity index (χ0v) is 11.3. The van der Waals surface area contributed by atoms with E-state index in [1.807, 2.05) is 38.2 Å². The molecule has 0 bridgehead atoms. The lowest BCUT2D eigenvalue weighted by Gasteiger charge is -2.19. The van der Waals surface area contributed by atoms with Crippen molar-refractivity contribution < 1.29 is 4.79 Å². The summed E-state index contributed by atoms with van der Waals surface area (Å²) in [6, 6.07) is 8.61. The lowest BCUT2D eigenvalue weighted by atomic mass is 10.1. The van der Waals surface area contributed by atoms with Crippen molar-refractivity contribution in [3.8, 4) is 0 Å². The molecule has 0 aliphatic carbocycles. The van der Waals surface area contributed by atoms with Gasteiger partial charge in [-0.2, -0.15) is 0 Å². The predicted molar refractivity (Wildman–Crippen MR) is 74.8 cm³/mol. The molecule has 1 amide bonds. The average Bonchev–Trinajstić information content (AvgIpc) is 2.88. The number of carbonyl (C=O) groups excluding carboxylic acids is 1. The summed E-state index contributed by atoms with van der Waals surface area (Å²) in [5.41, 5.74) is 2.17. The molecule has 0 aromatic heterocycles. The Hall–Kier alpha value is -1.35. The second-order valence-electron chi connectivity index (χ2n) is 5.12. The number of nitrogens with one attached hydrogen (secondary N) is 1. The van der Waals surface area contributed by atoms with Crippen molar-refractivity contribution in [1.29, 1.82) is 0 Å². The Morgan fingerprint density at radius 2 is 2.33 bits per heavy atom. The van der Waals surface area contributed by atoms with Crippen LogP contribution in [0.15, 0.2) is 24.3 Å². The number of benzene rings is 1. The number of rotatable bonds is 4. The molecule has 98 valence electrons. The first-order chi connectivity index (χ1) is 8.66. The highest BCUT2D eigenvalue weighted by molar-refractivity contribution is 5.92. The summed E-state index contributed by atoms with van der Waals surface area (Å²) in [5.74, 6) is 0.203. The van der Waals surface area contributed by atoms with Crippen molar-refractivity contribution in [1.82, 2.24) is 5.32 Å². The summed E-state index contributed by atoms with van der Waals surface area (Å²) >= 11 is 0. The standard InChI is InChI=1S/C15H22N2O/c1-12-5-3-7-14(11-12)17(2)15(18)9-8-13-6-4-10-16-13/h3,5,7,11,13,16H,4,6,8-10H2,1-2H3. The second-order valence-corrected chi connectivity index (χ2v) is 5.12. The molecule has 1 aliphatic heterocycles. The van der Waals surface area contributed by atoms with Crippen LogP contribution in [0.3, 0.4) is 0 Å². The van der Waals surface area contributed by atoms with E-state index in [9.17, 15) is 4.79 Å². The van der Waals surface area contributed by atoms with Crippen LogP contribution in [0.4, 0.5) is 5.69 Å². The maximum atomic E-state index is 12.1. The van der Waals surface area contributed by atoms with Crippen LogP contribution in [-0.4, -0.2) is 25.5 Å². The van der Waals surface area contributed by atoms with Crippen LogP contribution in [-0.2, 0) is 4.79 Å². The lowest BCUT2D eigenvalue weighted by Crippen LogP contribution is -2.29. The quantitative estimate of drug-likeness (QED) is 0.885. The molecule has 1 saturated heterocycles. The van der Waals surface area contributed by atoms with Crippen LogP contribution in [0.25, 0.3) is 0 Å². The Balaban J connectivity index is 1.87. The van der Waals surface area contributed by atoms with E-state index in [2.05, 4.69) is 5.32 Å². The number of amides is 1. The molecule has 1 aromatic carbocycles. The van der Waals surface area contributed by atoms with Crippen molar-refractivity contribution in [2.75, 3.05) is 18.5 Å². The Kier molecular flexibility index (Phi) is 4.37. The first-order valence-corrected chi connectivity index (χ1v) is 6.73. The van der Waals surface area contributed by atoms with E-state index >= 15 is 0 Å². The molecule has 3 nitrogen and oxygen atoms in total. The highest BCUT2D eigenvalue weighted by Crippen LogP contribution is 2.17. The molecule has 18 heavy (non-hydrogen) atoms. The molecule has 1 N–H and O–H groups in total. The van der Waals surface area contributed by atoms with Gasteiger partial charge in [0, 0.05) is 25.2 Å². The topological polar surface area (TPSA) is 32.3 Å². The molecular weight excluding hydrogens is 224 g/mol. The minimum Gasteiger partial charge on any atom is -0.315 e. The molecule has 1 aromatic rings. The van der Waals surface area contributed by atoms with Gasteiger partial charge in [0.05, 0.1) is 0 Å². The van der Waals surface area contributed by atoms with Gasteiger partial charge in [-0.05, 0) is 50.4 Å². The zero-order valence-electron chi connectivity index (χ0n) is 11.3. The van der Waals surface area contributed by atoms with Gasteiger partial charge in [-0.3, -0.25) is 4.79 Å².